The largest absolute Gasteiger partial charge is 0.469 e. The summed E-state index contributed by atoms with van der Waals surface area (Å²) < 4.78 is 7.31. The van der Waals surface area contributed by atoms with Crippen molar-refractivity contribution >= 4 is 0 Å². The molecule has 0 saturated heterocycles. The summed E-state index contributed by atoms with van der Waals surface area (Å²) in [6.07, 6.45) is 5.78. The highest BCUT2D eigenvalue weighted by Gasteiger charge is 2.04. The molecule has 2 aromatic heterocycles. The van der Waals surface area contributed by atoms with E-state index >= 15 is 0 Å². The van der Waals surface area contributed by atoms with Gasteiger partial charge in [-0.15, -0.1) is 0 Å². The molecule has 0 fully saturated rings. The number of nitrogens with zero attached hydrogens (tertiary/aromatic N) is 2. The topological polar surface area (TPSA) is 43.0 Å². The van der Waals surface area contributed by atoms with Crippen molar-refractivity contribution in [2.75, 3.05) is 6.54 Å². The first-order chi connectivity index (χ1) is 8.79. The van der Waals surface area contributed by atoms with E-state index in [2.05, 4.69) is 36.5 Å². The second-order valence-electron chi connectivity index (χ2n) is 4.55. The van der Waals surface area contributed by atoms with Gasteiger partial charge in [0.1, 0.15) is 5.76 Å². The molecule has 2 rings (SSSR count). The van der Waals surface area contributed by atoms with Crippen molar-refractivity contribution in [1.29, 1.82) is 0 Å². The Balaban J connectivity index is 1.71. The Kier molecular flexibility index (Phi) is 4.59. The van der Waals surface area contributed by atoms with Crippen LogP contribution < -0.4 is 5.32 Å². The van der Waals surface area contributed by atoms with Gasteiger partial charge in [0.15, 0.2) is 0 Å². The quantitative estimate of drug-likeness (QED) is 0.765. The minimum Gasteiger partial charge on any atom is -0.469 e. The summed E-state index contributed by atoms with van der Waals surface area (Å²) in [5.74, 6) is 1.02. The van der Waals surface area contributed by atoms with Crippen molar-refractivity contribution < 1.29 is 4.42 Å². The fourth-order valence-electron chi connectivity index (χ4n) is 1.79. The molecule has 0 radical (unpaired) electrons. The van der Waals surface area contributed by atoms with Gasteiger partial charge in [-0.2, -0.15) is 5.10 Å². The van der Waals surface area contributed by atoms with Crippen molar-refractivity contribution in [2.24, 2.45) is 0 Å². The number of aromatic nitrogens is 2. The predicted octanol–water partition coefficient (Wildman–Crippen LogP) is 2.78. The number of rotatable bonds is 7. The smallest absolute Gasteiger partial charge is 0.105 e. The molecule has 0 aliphatic heterocycles. The molecule has 18 heavy (non-hydrogen) atoms. The van der Waals surface area contributed by atoms with E-state index in [9.17, 15) is 0 Å². The molecule has 2 heterocycles. The van der Waals surface area contributed by atoms with Crippen molar-refractivity contribution in [2.45, 2.75) is 39.3 Å². The normalized spacial score (nSPS) is 12.8. The van der Waals surface area contributed by atoms with Gasteiger partial charge in [0.05, 0.1) is 12.0 Å². The van der Waals surface area contributed by atoms with E-state index in [1.54, 1.807) is 6.26 Å². The van der Waals surface area contributed by atoms with Crippen LogP contribution in [0.15, 0.2) is 35.1 Å². The highest BCUT2D eigenvalue weighted by Crippen LogP contribution is 2.09. The summed E-state index contributed by atoms with van der Waals surface area (Å²) in [6, 6.07) is 6.47. The van der Waals surface area contributed by atoms with Crippen molar-refractivity contribution in [3.63, 3.8) is 0 Å². The maximum atomic E-state index is 5.28. The minimum absolute atomic E-state index is 0.474. The lowest BCUT2D eigenvalue weighted by atomic mass is 10.3. The van der Waals surface area contributed by atoms with Gasteiger partial charge in [-0.25, -0.2) is 0 Å². The van der Waals surface area contributed by atoms with Gasteiger partial charge in [-0.3, -0.25) is 4.68 Å². The van der Waals surface area contributed by atoms with E-state index in [4.69, 9.17) is 4.42 Å². The lowest BCUT2D eigenvalue weighted by molar-refractivity contribution is 0.469. The Labute approximate surface area is 108 Å². The molecule has 1 N–H and O–H groups in total. The number of furan rings is 1. The lowest BCUT2D eigenvalue weighted by Gasteiger charge is -2.08. The van der Waals surface area contributed by atoms with Crippen LogP contribution in [0.2, 0.25) is 0 Å². The summed E-state index contributed by atoms with van der Waals surface area (Å²) in [6.45, 7) is 6.07. The molecule has 0 spiro atoms. The Morgan fingerprint density at radius 3 is 3.06 bits per heavy atom. The first-order valence-corrected chi connectivity index (χ1v) is 6.56. The molecule has 0 amide bonds. The standard InChI is InChI=1S/C14H21N3O/c1-3-12(2)17-9-7-13(16-17)11-15-8-6-14-5-4-10-18-14/h4-5,7,9-10,12,15H,3,6,8,11H2,1-2H3. The third-order valence-electron chi connectivity index (χ3n) is 3.14. The van der Waals surface area contributed by atoms with Crippen LogP contribution in [-0.2, 0) is 13.0 Å². The molecular weight excluding hydrogens is 226 g/mol. The molecule has 0 aromatic carbocycles. The van der Waals surface area contributed by atoms with Gasteiger partial charge in [0.25, 0.3) is 0 Å². The Hall–Kier alpha value is -1.55. The molecule has 4 heteroatoms. The SMILES string of the molecule is CCC(C)n1ccc(CNCCc2ccco2)n1. The van der Waals surface area contributed by atoms with Crippen molar-refractivity contribution in [3.05, 3.63) is 42.1 Å². The summed E-state index contributed by atoms with van der Waals surface area (Å²) >= 11 is 0. The van der Waals surface area contributed by atoms with Gasteiger partial charge < -0.3 is 9.73 Å². The van der Waals surface area contributed by atoms with Gasteiger partial charge in [0.2, 0.25) is 0 Å². The van der Waals surface area contributed by atoms with E-state index in [1.165, 1.54) is 0 Å². The van der Waals surface area contributed by atoms with Crippen LogP contribution in [0.3, 0.4) is 0 Å². The van der Waals surface area contributed by atoms with Crippen LogP contribution in [0.5, 0.6) is 0 Å². The fraction of sp³-hybridized carbons (Fsp3) is 0.500. The Morgan fingerprint density at radius 1 is 1.44 bits per heavy atom. The van der Waals surface area contributed by atoms with Gasteiger partial charge in [-0.1, -0.05) is 6.92 Å². The number of hydrogen-bond acceptors (Lipinski definition) is 3. The summed E-state index contributed by atoms with van der Waals surface area (Å²) in [7, 11) is 0. The van der Waals surface area contributed by atoms with E-state index in [1.807, 2.05) is 16.8 Å². The van der Waals surface area contributed by atoms with Crippen LogP contribution in [0.4, 0.5) is 0 Å². The molecule has 4 nitrogen and oxygen atoms in total. The average molecular weight is 247 g/mol. The second kappa shape index (κ2) is 6.40. The molecule has 1 unspecified atom stereocenters. The maximum Gasteiger partial charge on any atom is 0.105 e. The van der Waals surface area contributed by atoms with E-state index in [-0.39, 0.29) is 0 Å². The Morgan fingerprint density at radius 2 is 2.33 bits per heavy atom. The lowest BCUT2D eigenvalue weighted by Crippen LogP contribution is -2.17. The molecule has 98 valence electrons. The first-order valence-electron chi connectivity index (χ1n) is 6.56. The second-order valence-corrected chi connectivity index (χ2v) is 4.55. The number of hydrogen-bond donors (Lipinski definition) is 1. The summed E-state index contributed by atoms with van der Waals surface area (Å²) in [5.41, 5.74) is 1.09. The molecule has 1 atom stereocenters. The molecule has 2 aromatic rings. The van der Waals surface area contributed by atoms with Crippen molar-refractivity contribution in [1.82, 2.24) is 15.1 Å². The highest BCUT2D eigenvalue weighted by atomic mass is 16.3. The molecule has 0 aliphatic rings. The molecule has 0 bridgehead atoms. The third kappa shape index (κ3) is 3.47. The maximum absolute atomic E-state index is 5.28. The van der Waals surface area contributed by atoms with E-state index in [0.717, 1.165) is 37.4 Å². The van der Waals surface area contributed by atoms with Crippen LogP contribution >= 0.6 is 0 Å². The monoisotopic (exact) mass is 247 g/mol. The highest BCUT2D eigenvalue weighted by molar-refractivity contribution is 5.00. The summed E-state index contributed by atoms with van der Waals surface area (Å²) in [4.78, 5) is 0. The first kappa shape index (κ1) is 12.9. The van der Waals surface area contributed by atoms with E-state index in [0.29, 0.717) is 6.04 Å². The van der Waals surface area contributed by atoms with Gasteiger partial charge >= 0.3 is 0 Å². The molecular formula is C14H21N3O. The van der Waals surface area contributed by atoms with E-state index < -0.39 is 0 Å². The predicted molar refractivity (Wildman–Crippen MR) is 71.3 cm³/mol. The molecule has 0 saturated carbocycles. The molecule has 0 aliphatic carbocycles. The Bertz CT molecular complexity index is 447. The zero-order valence-electron chi connectivity index (χ0n) is 11.1. The average Bonchev–Trinajstić information content (AvgIpc) is 3.05. The van der Waals surface area contributed by atoms with Crippen LogP contribution in [0.1, 0.15) is 37.8 Å². The van der Waals surface area contributed by atoms with Crippen LogP contribution in [0, 0.1) is 0 Å². The van der Waals surface area contributed by atoms with Crippen LogP contribution in [0.25, 0.3) is 0 Å². The minimum atomic E-state index is 0.474. The van der Waals surface area contributed by atoms with Crippen LogP contribution in [-0.4, -0.2) is 16.3 Å². The fourth-order valence-corrected chi connectivity index (χ4v) is 1.79. The van der Waals surface area contributed by atoms with Gasteiger partial charge in [-0.05, 0) is 31.5 Å². The van der Waals surface area contributed by atoms with Crippen molar-refractivity contribution in [3.8, 4) is 0 Å². The number of nitrogens with one attached hydrogen (secondary N) is 1. The zero-order valence-corrected chi connectivity index (χ0v) is 11.1. The van der Waals surface area contributed by atoms with Gasteiger partial charge in [0, 0.05) is 31.7 Å². The zero-order chi connectivity index (χ0) is 12.8. The summed E-state index contributed by atoms with van der Waals surface area (Å²) in [5, 5.41) is 7.92. The third-order valence-corrected chi connectivity index (χ3v) is 3.14.